The molecule has 1 aromatic heterocycles. The molecule has 156 valence electrons. The summed E-state index contributed by atoms with van der Waals surface area (Å²) < 4.78 is 27.2. The minimum atomic E-state index is -4.27. The largest absolute Gasteiger partial charge is 0.390 e. The highest BCUT2D eigenvalue weighted by atomic mass is 32.2. The van der Waals surface area contributed by atoms with Gasteiger partial charge in [0.15, 0.2) is 5.03 Å². The molecule has 4 N–H and O–H groups in total. The molecule has 0 aromatic carbocycles. The van der Waals surface area contributed by atoms with Gasteiger partial charge in [-0.2, -0.15) is 8.42 Å². The molecule has 2 heterocycles. The molecule has 0 unspecified atom stereocenters. The van der Waals surface area contributed by atoms with Gasteiger partial charge in [0.25, 0.3) is 10.0 Å². The van der Waals surface area contributed by atoms with Crippen molar-refractivity contribution in [3.8, 4) is 0 Å². The summed E-state index contributed by atoms with van der Waals surface area (Å²) in [6.07, 6.45) is 1.14. The van der Waals surface area contributed by atoms with Gasteiger partial charge in [0.2, 0.25) is 11.8 Å². The van der Waals surface area contributed by atoms with E-state index in [1.165, 1.54) is 18.3 Å². The Balaban J connectivity index is 2.37. The van der Waals surface area contributed by atoms with Crippen LogP contribution in [-0.4, -0.2) is 59.4 Å². The molecule has 9 nitrogen and oxygen atoms in total. The number of nitrogens with two attached hydrogens (primary N) is 1. The fraction of sp³-hybridized carbons (Fsp3) is 0.611. The Morgan fingerprint density at radius 2 is 2.11 bits per heavy atom. The first kappa shape index (κ1) is 22.3. The number of rotatable bonds is 7. The number of carbonyl (C=O) groups is 2. The number of β-amino-alcohol motifs (C(OH)–C–C–N with tert-alkyl or cyclic N) is 1. The highest BCUT2D eigenvalue weighted by Gasteiger charge is 2.40. The lowest BCUT2D eigenvalue weighted by Gasteiger charge is -2.33. The lowest BCUT2D eigenvalue weighted by Crippen LogP contribution is -2.51. The van der Waals surface area contributed by atoms with E-state index < -0.39 is 39.9 Å². The van der Waals surface area contributed by atoms with Crippen LogP contribution in [0.25, 0.3) is 0 Å². The van der Waals surface area contributed by atoms with Crippen molar-refractivity contribution in [2.45, 2.75) is 62.7 Å². The van der Waals surface area contributed by atoms with Crippen LogP contribution in [0.2, 0.25) is 0 Å². The summed E-state index contributed by atoms with van der Waals surface area (Å²) in [6, 6.07) is 3.58. The number of carbonyl (C=O) groups excluding carboxylic acids is 2. The number of pyridine rings is 1. The molecule has 0 spiro atoms. The van der Waals surface area contributed by atoms with E-state index in [4.69, 9.17) is 5.73 Å². The Kier molecular flexibility index (Phi) is 7.50. The number of hydrogen-bond donors (Lipinski definition) is 3. The molecule has 1 aliphatic heterocycles. The van der Waals surface area contributed by atoms with Crippen molar-refractivity contribution >= 4 is 21.8 Å². The molecule has 1 aliphatic rings. The van der Waals surface area contributed by atoms with Crippen LogP contribution in [0.5, 0.6) is 0 Å². The van der Waals surface area contributed by atoms with Crippen molar-refractivity contribution in [3.63, 3.8) is 0 Å². The fourth-order valence-corrected chi connectivity index (χ4v) is 4.74. The molecule has 0 radical (unpaired) electrons. The average molecular weight is 413 g/mol. The highest BCUT2D eigenvalue weighted by molar-refractivity contribution is 7.89. The predicted molar refractivity (Wildman–Crippen MR) is 102 cm³/mol. The summed E-state index contributed by atoms with van der Waals surface area (Å²) >= 11 is 0. The molecule has 0 aliphatic carbocycles. The third kappa shape index (κ3) is 5.27. The summed E-state index contributed by atoms with van der Waals surface area (Å²) in [5.41, 5.74) is 5.24. The van der Waals surface area contributed by atoms with Gasteiger partial charge in [-0.25, -0.2) is 9.29 Å². The number of hydrogen-bond acceptors (Lipinski definition) is 7. The molecule has 1 aromatic rings. The quantitative estimate of drug-likeness (QED) is 0.572. The van der Waals surface area contributed by atoms with Gasteiger partial charge < -0.3 is 16.2 Å². The SMILES string of the molecule is C[C@H]1CC[C@H](N(C(=O)CC[C@H](C)C(N)=O)S(=O)(=O)c2ccccn2)[C@@H](O)CN1. The van der Waals surface area contributed by atoms with E-state index in [2.05, 4.69) is 10.3 Å². The van der Waals surface area contributed by atoms with Crippen molar-refractivity contribution in [2.75, 3.05) is 6.54 Å². The van der Waals surface area contributed by atoms with Crippen LogP contribution < -0.4 is 11.1 Å². The minimum absolute atomic E-state index is 0.0871. The lowest BCUT2D eigenvalue weighted by molar-refractivity contribution is -0.130. The molecule has 0 bridgehead atoms. The van der Waals surface area contributed by atoms with E-state index in [9.17, 15) is 23.1 Å². The number of nitrogens with zero attached hydrogens (tertiary/aromatic N) is 2. The Morgan fingerprint density at radius 3 is 2.71 bits per heavy atom. The number of aliphatic hydroxyl groups is 1. The summed E-state index contributed by atoms with van der Waals surface area (Å²) in [5, 5.41) is 13.4. The molecule has 2 rings (SSSR count). The Hall–Kier alpha value is -2.04. The second-order valence-electron chi connectivity index (χ2n) is 7.23. The van der Waals surface area contributed by atoms with Gasteiger partial charge in [-0.3, -0.25) is 9.59 Å². The van der Waals surface area contributed by atoms with E-state index in [0.717, 1.165) is 4.31 Å². The maximum Gasteiger partial charge on any atom is 0.284 e. The van der Waals surface area contributed by atoms with Gasteiger partial charge >= 0.3 is 0 Å². The summed E-state index contributed by atoms with van der Waals surface area (Å²) in [6.45, 7) is 3.69. The maximum atomic E-state index is 13.2. The smallest absolute Gasteiger partial charge is 0.284 e. The molecule has 0 saturated carbocycles. The van der Waals surface area contributed by atoms with Gasteiger partial charge in [-0.05, 0) is 38.3 Å². The minimum Gasteiger partial charge on any atom is -0.390 e. The molecule has 1 saturated heterocycles. The highest BCUT2D eigenvalue weighted by Crippen LogP contribution is 2.25. The molecule has 10 heteroatoms. The maximum absolute atomic E-state index is 13.2. The number of nitrogens with one attached hydrogen (secondary N) is 1. The number of amides is 2. The third-order valence-electron chi connectivity index (χ3n) is 5.00. The summed E-state index contributed by atoms with van der Waals surface area (Å²) in [4.78, 5) is 28.1. The van der Waals surface area contributed by atoms with Crippen LogP contribution in [0, 0.1) is 5.92 Å². The Bertz CT molecular complexity index is 786. The molecular formula is C18H28N4O5S. The van der Waals surface area contributed by atoms with Crippen LogP contribution >= 0.6 is 0 Å². The zero-order chi connectivity index (χ0) is 20.9. The topological polar surface area (TPSA) is 143 Å². The van der Waals surface area contributed by atoms with Gasteiger partial charge in [0.05, 0.1) is 12.1 Å². The summed E-state index contributed by atoms with van der Waals surface area (Å²) in [5.74, 6) is -1.80. The zero-order valence-corrected chi connectivity index (χ0v) is 16.9. The van der Waals surface area contributed by atoms with Gasteiger partial charge in [-0.1, -0.05) is 13.0 Å². The van der Waals surface area contributed by atoms with Crippen molar-refractivity contribution in [3.05, 3.63) is 24.4 Å². The first-order valence-electron chi connectivity index (χ1n) is 9.33. The first-order chi connectivity index (χ1) is 13.1. The van der Waals surface area contributed by atoms with Gasteiger partial charge in [0.1, 0.15) is 0 Å². The van der Waals surface area contributed by atoms with Crippen molar-refractivity contribution < 1.29 is 23.1 Å². The number of aliphatic hydroxyl groups excluding tert-OH is 1. The molecule has 28 heavy (non-hydrogen) atoms. The van der Waals surface area contributed by atoms with Gasteiger partial charge in [0, 0.05) is 31.1 Å². The second-order valence-corrected chi connectivity index (χ2v) is 8.99. The number of sulfonamides is 1. The molecule has 1 fully saturated rings. The van der Waals surface area contributed by atoms with Crippen LogP contribution in [0.1, 0.15) is 39.5 Å². The summed E-state index contributed by atoms with van der Waals surface area (Å²) in [7, 11) is -4.27. The van der Waals surface area contributed by atoms with Crippen LogP contribution in [0.4, 0.5) is 0 Å². The Morgan fingerprint density at radius 1 is 1.39 bits per heavy atom. The third-order valence-corrected chi connectivity index (χ3v) is 6.76. The molecule has 4 atom stereocenters. The lowest BCUT2D eigenvalue weighted by atomic mass is 10.0. The fourth-order valence-electron chi connectivity index (χ4n) is 3.14. The zero-order valence-electron chi connectivity index (χ0n) is 16.1. The second kappa shape index (κ2) is 9.44. The van der Waals surface area contributed by atoms with E-state index in [1.807, 2.05) is 6.92 Å². The monoisotopic (exact) mass is 412 g/mol. The van der Waals surface area contributed by atoms with Crippen molar-refractivity contribution in [1.82, 2.24) is 14.6 Å². The van der Waals surface area contributed by atoms with E-state index in [1.54, 1.807) is 13.0 Å². The predicted octanol–water partition coefficient (Wildman–Crippen LogP) is 0.00190. The van der Waals surface area contributed by atoms with Gasteiger partial charge in [-0.15, -0.1) is 0 Å². The van der Waals surface area contributed by atoms with E-state index >= 15 is 0 Å². The standard InChI is InChI=1S/C18H28N4O5S/c1-12(18(19)25)6-9-17(24)22(14-8-7-13(2)21-11-15(14)23)28(26,27)16-5-3-4-10-20-16/h3-5,10,12-15,21,23H,6-9,11H2,1-2H3,(H2,19,25)/t12-,13-,14-,15-/m0/s1. The van der Waals surface area contributed by atoms with Crippen molar-refractivity contribution in [1.29, 1.82) is 0 Å². The first-order valence-corrected chi connectivity index (χ1v) is 10.8. The Labute approximate surface area is 165 Å². The molecular weight excluding hydrogens is 384 g/mol. The van der Waals surface area contributed by atoms with E-state index in [0.29, 0.717) is 12.8 Å². The van der Waals surface area contributed by atoms with Crippen molar-refractivity contribution in [2.24, 2.45) is 11.7 Å². The number of aromatic nitrogens is 1. The normalized spacial score (nSPS) is 24.2. The average Bonchev–Trinajstić information content (AvgIpc) is 2.82. The molecule has 2 amide bonds. The van der Waals surface area contributed by atoms with Crippen LogP contribution in [-0.2, 0) is 19.6 Å². The number of primary amides is 1. The van der Waals surface area contributed by atoms with E-state index in [-0.39, 0.29) is 30.5 Å². The van der Waals surface area contributed by atoms with Crippen LogP contribution in [0.15, 0.2) is 29.4 Å². The van der Waals surface area contributed by atoms with Crippen LogP contribution in [0.3, 0.4) is 0 Å².